The second-order valence-corrected chi connectivity index (χ2v) is 5.26. The molecular formula is C15H11F3O2S. The number of carbonyl (C=O) groups excluding carboxylic acids is 1. The van der Waals surface area contributed by atoms with Gasteiger partial charge in [0, 0.05) is 15.4 Å². The summed E-state index contributed by atoms with van der Waals surface area (Å²) in [5.74, 6) is 0.631. The number of methoxy groups -OCH3 is 1. The van der Waals surface area contributed by atoms with Gasteiger partial charge in [-0.05, 0) is 36.4 Å². The molecule has 2 rings (SSSR count). The number of carbonyl (C=O) groups is 1. The zero-order valence-electron chi connectivity index (χ0n) is 11.0. The fraction of sp³-hybridized carbons (Fsp3) is 0.133. The minimum atomic E-state index is -4.51. The first-order chi connectivity index (χ1) is 9.94. The smallest absolute Gasteiger partial charge is 0.417 e. The molecule has 0 unspecified atom stereocenters. The van der Waals surface area contributed by atoms with Gasteiger partial charge in [-0.3, -0.25) is 4.79 Å². The molecule has 2 aromatic rings. The third-order valence-corrected chi connectivity index (χ3v) is 3.82. The van der Waals surface area contributed by atoms with E-state index in [2.05, 4.69) is 0 Å². The summed E-state index contributed by atoms with van der Waals surface area (Å²) in [4.78, 5) is 11.3. The molecule has 0 aliphatic heterocycles. The maximum atomic E-state index is 13.0. The number of benzene rings is 2. The molecule has 0 radical (unpaired) electrons. The molecule has 0 spiro atoms. The van der Waals surface area contributed by atoms with Gasteiger partial charge in [0.1, 0.15) is 12.0 Å². The molecule has 2 nitrogen and oxygen atoms in total. The van der Waals surface area contributed by atoms with Gasteiger partial charge in [0.05, 0.1) is 12.7 Å². The largest absolute Gasteiger partial charge is 0.497 e. The Balaban J connectivity index is 2.36. The van der Waals surface area contributed by atoms with Crippen LogP contribution >= 0.6 is 11.8 Å². The number of aldehydes is 1. The number of hydrogen-bond acceptors (Lipinski definition) is 3. The molecule has 0 bridgehead atoms. The Labute approximate surface area is 123 Å². The predicted molar refractivity (Wildman–Crippen MR) is 73.9 cm³/mol. The van der Waals surface area contributed by atoms with Crippen LogP contribution in [-0.4, -0.2) is 13.4 Å². The van der Waals surface area contributed by atoms with E-state index in [1.54, 1.807) is 24.3 Å². The van der Waals surface area contributed by atoms with Crippen molar-refractivity contribution in [1.82, 2.24) is 0 Å². The Morgan fingerprint density at radius 3 is 2.29 bits per heavy atom. The minimum absolute atomic E-state index is 0.00130. The van der Waals surface area contributed by atoms with E-state index in [1.165, 1.54) is 19.2 Å². The van der Waals surface area contributed by atoms with Crippen LogP contribution in [0.5, 0.6) is 5.75 Å². The van der Waals surface area contributed by atoms with Crippen molar-refractivity contribution in [3.63, 3.8) is 0 Å². The topological polar surface area (TPSA) is 26.3 Å². The molecular weight excluding hydrogens is 301 g/mol. The van der Waals surface area contributed by atoms with Crippen LogP contribution in [0.15, 0.2) is 52.3 Å². The van der Waals surface area contributed by atoms with Crippen molar-refractivity contribution >= 4 is 18.0 Å². The Hall–Kier alpha value is -1.95. The Kier molecular flexibility index (Phi) is 4.57. The van der Waals surface area contributed by atoms with Crippen LogP contribution in [0.4, 0.5) is 13.2 Å². The van der Waals surface area contributed by atoms with Gasteiger partial charge < -0.3 is 4.74 Å². The summed E-state index contributed by atoms with van der Waals surface area (Å²) in [6, 6.07) is 10.2. The molecule has 0 aliphatic rings. The van der Waals surface area contributed by atoms with Crippen LogP contribution in [0.3, 0.4) is 0 Å². The summed E-state index contributed by atoms with van der Waals surface area (Å²) >= 11 is 0.988. The van der Waals surface area contributed by atoms with E-state index in [4.69, 9.17) is 4.74 Å². The first-order valence-electron chi connectivity index (χ1n) is 5.92. The standard InChI is InChI=1S/C15H11F3O2S/c1-20-11-3-5-12(6-4-11)21-14-7-2-10(9-19)8-13(14)15(16,17)18/h2-9H,1H3. The molecule has 2 aromatic carbocycles. The summed E-state index contributed by atoms with van der Waals surface area (Å²) in [6.45, 7) is 0. The van der Waals surface area contributed by atoms with Crippen molar-refractivity contribution in [3.8, 4) is 5.75 Å². The molecule has 0 saturated heterocycles. The van der Waals surface area contributed by atoms with Gasteiger partial charge in [-0.25, -0.2) is 0 Å². The zero-order chi connectivity index (χ0) is 15.5. The van der Waals surface area contributed by atoms with Crippen molar-refractivity contribution in [2.75, 3.05) is 7.11 Å². The molecule has 0 amide bonds. The fourth-order valence-electron chi connectivity index (χ4n) is 1.70. The Morgan fingerprint density at radius 2 is 1.76 bits per heavy atom. The van der Waals surface area contributed by atoms with Gasteiger partial charge >= 0.3 is 6.18 Å². The average molecular weight is 312 g/mol. The number of hydrogen-bond donors (Lipinski definition) is 0. The lowest BCUT2D eigenvalue weighted by Crippen LogP contribution is -2.07. The monoisotopic (exact) mass is 312 g/mol. The van der Waals surface area contributed by atoms with Gasteiger partial charge in [0.2, 0.25) is 0 Å². The van der Waals surface area contributed by atoms with Crippen molar-refractivity contribution in [2.45, 2.75) is 16.0 Å². The molecule has 110 valence electrons. The van der Waals surface area contributed by atoms with E-state index in [0.717, 1.165) is 17.8 Å². The van der Waals surface area contributed by atoms with Gasteiger partial charge in [0.15, 0.2) is 0 Å². The van der Waals surface area contributed by atoms with E-state index in [9.17, 15) is 18.0 Å². The highest BCUT2D eigenvalue weighted by Crippen LogP contribution is 2.40. The Morgan fingerprint density at radius 1 is 1.10 bits per heavy atom. The molecule has 0 aromatic heterocycles. The summed E-state index contributed by atoms with van der Waals surface area (Å²) in [5, 5.41) is 0. The van der Waals surface area contributed by atoms with Crippen molar-refractivity contribution in [1.29, 1.82) is 0 Å². The van der Waals surface area contributed by atoms with E-state index >= 15 is 0 Å². The maximum absolute atomic E-state index is 13.0. The minimum Gasteiger partial charge on any atom is -0.497 e. The molecule has 0 atom stereocenters. The van der Waals surface area contributed by atoms with Gasteiger partial charge in [-0.2, -0.15) is 13.2 Å². The number of halogens is 3. The molecule has 0 heterocycles. The second kappa shape index (κ2) is 6.22. The molecule has 0 aliphatic carbocycles. The first kappa shape index (κ1) is 15.4. The van der Waals surface area contributed by atoms with Crippen LogP contribution < -0.4 is 4.74 Å². The number of alkyl halides is 3. The van der Waals surface area contributed by atoms with Crippen LogP contribution in [0.1, 0.15) is 15.9 Å². The maximum Gasteiger partial charge on any atom is 0.417 e. The van der Waals surface area contributed by atoms with E-state index in [-0.39, 0.29) is 10.5 Å². The second-order valence-electron chi connectivity index (χ2n) is 4.15. The van der Waals surface area contributed by atoms with Crippen molar-refractivity contribution < 1.29 is 22.7 Å². The summed E-state index contributed by atoms with van der Waals surface area (Å²) in [5.41, 5.74) is -0.811. The zero-order valence-corrected chi connectivity index (χ0v) is 11.8. The lowest BCUT2D eigenvalue weighted by atomic mass is 10.1. The van der Waals surface area contributed by atoms with E-state index < -0.39 is 11.7 Å². The lowest BCUT2D eigenvalue weighted by molar-refractivity contribution is -0.139. The lowest BCUT2D eigenvalue weighted by Gasteiger charge is -2.13. The van der Waals surface area contributed by atoms with E-state index in [0.29, 0.717) is 16.9 Å². The van der Waals surface area contributed by atoms with Crippen molar-refractivity contribution in [2.24, 2.45) is 0 Å². The van der Waals surface area contributed by atoms with Crippen LogP contribution in [0, 0.1) is 0 Å². The first-order valence-corrected chi connectivity index (χ1v) is 6.74. The number of ether oxygens (including phenoxy) is 1. The average Bonchev–Trinajstić information content (AvgIpc) is 2.47. The Bertz CT molecular complexity index is 636. The van der Waals surface area contributed by atoms with Crippen LogP contribution in [0.25, 0.3) is 0 Å². The molecule has 0 saturated carbocycles. The highest BCUT2D eigenvalue weighted by Gasteiger charge is 2.33. The van der Waals surface area contributed by atoms with Crippen LogP contribution in [0.2, 0.25) is 0 Å². The third kappa shape index (κ3) is 3.78. The third-order valence-electron chi connectivity index (χ3n) is 2.73. The quantitative estimate of drug-likeness (QED) is 0.767. The SMILES string of the molecule is COc1ccc(Sc2ccc(C=O)cc2C(F)(F)F)cc1. The predicted octanol–water partition coefficient (Wildman–Crippen LogP) is 4.68. The fourth-order valence-corrected chi connectivity index (χ4v) is 2.65. The highest BCUT2D eigenvalue weighted by molar-refractivity contribution is 7.99. The summed E-state index contributed by atoms with van der Waals surface area (Å²) in [7, 11) is 1.52. The van der Waals surface area contributed by atoms with Gasteiger partial charge in [-0.15, -0.1) is 0 Å². The van der Waals surface area contributed by atoms with Gasteiger partial charge in [-0.1, -0.05) is 17.8 Å². The molecule has 0 fully saturated rings. The summed E-state index contributed by atoms with van der Waals surface area (Å²) in [6.07, 6.45) is -4.11. The molecule has 21 heavy (non-hydrogen) atoms. The van der Waals surface area contributed by atoms with Crippen molar-refractivity contribution in [3.05, 3.63) is 53.6 Å². The molecule has 6 heteroatoms. The highest BCUT2D eigenvalue weighted by atomic mass is 32.2. The van der Waals surface area contributed by atoms with Crippen LogP contribution in [-0.2, 0) is 6.18 Å². The molecule has 0 N–H and O–H groups in total. The van der Waals surface area contributed by atoms with Gasteiger partial charge in [0.25, 0.3) is 0 Å². The number of rotatable bonds is 4. The normalized spacial score (nSPS) is 11.2. The van der Waals surface area contributed by atoms with E-state index in [1.807, 2.05) is 0 Å². The summed E-state index contributed by atoms with van der Waals surface area (Å²) < 4.78 is 44.1.